The van der Waals surface area contributed by atoms with Crippen LogP contribution in [0.2, 0.25) is 0 Å². The molecule has 0 aliphatic carbocycles. The average molecular weight is 504 g/mol. The molecule has 0 saturated heterocycles. The van der Waals surface area contributed by atoms with Crippen LogP contribution in [0.3, 0.4) is 0 Å². The Kier molecular flexibility index (Phi) is 8.80. The van der Waals surface area contributed by atoms with Gasteiger partial charge in [0.1, 0.15) is 29.4 Å². The van der Waals surface area contributed by atoms with E-state index in [1.54, 1.807) is 0 Å². The highest BCUT2D eigenvalue weighted by atomic mass is 16.5. The molecule has 0 unspecified atom stereocenters. The molecular formula is C32H33N5O. The summed E-state index contributed by atoms with van der Waals surface area (Å²) >= 11 is 0. The molecule has 0 amide bonds. The van der Waals surface area contributed by atoms with Gasteiger partial charge in [-0.15, -0.1) is 0 Å². The minimum atomic E-state index is -0.895. The van der Waals surface area contributed by atoms with E-state index in [0.29, 0.717) is 5.57 Å². The van der Waals surface area contributed by atoms with Gasteiger partial charge in [0.15, 0.2) is 11.3 Å². The Morgan fingerprint density at radius 2 is 1.47 bits per heavy atom. The van der Waals surface area contributed by atoms with Crippen molar-refractivity contribution in [2.45, 2.75) is 33.3 Å². The number of rotatable bonds is 8. The van der Waals surface area contributed by atoms with Crippen molar-refractivity contribution in [1.29, 1.82) is 15.8 Å². The summed E-state index contributed by atoms with van der Waals surface area (Å²) in [5, 5.41) is 28.8. The van der Waals surface area contributed by atoms with E-state index in [9.17, 15) is 15.8 Å². The predicted molar refractivity (Wildman–Crippen MR) is 154 cm³/mol. The number of benzene rings is 2. The molecule has 6 nitrogen and oxygen atoms in total. The zero-order chi connectivity index (χ0) is 27.9. The second kappa shape index (κ2) is 12.0. The summed E-state index contributed by atoms with van der Waals surface area (Å²) in [6.07, 6.45) is 5.98. The Balaban J connectivity index is 2.15. The third-order valence-electron chi connectivity index (χ3n) is 6.56. The molecule has 6 heteroatoms. The van der Waals surface area contributed by atoms with Gasteiger partial charge in [-0.05, 0) is 74.7 Å². The highest BCUT2D eigenvalue weighted by Crippen LogP contribution is 2.41. The van der Waals surface area contributed by atoms with Gasteiger partial charge in [-0.2, -0.15) is 15.8 Å². The van der Waals surface area contributed by atoms with E-state index < -0.39 is 5.60 Å². The van der Waals surface area contributed by atoms with Gasteiger partial charge in [-0.3, -0.25) is 0 Å². The van der Waals surface area contributed by atoms with Gasteiger partial charge in [-0.1, -0.05) is 36.4 Å². The zero-order valence-electron chi connectivity index (χ0n) is 22.9. The fourth-order valence-corrected chi connectivity index (χ4v) is 4.35. The monoisotopic (exact) mass is 503 g/mol. The molecule has 1 heterocycles. The molecule has 0 saturated carbocycles. The van der Waals surface area contributed by atoms with Crippen molar-refractivity contribution in [1.82, 2.24) is 0 Å². The number of hydrogen-bond acceptors (Lipinski definition) is 6. The summed E-state index contributed by atoms with van der Waals surface area (Å²) in [6, 6.07) is 22.4. The Morgan fingerprint density at radius 1 is 0.895 bits per heavy atom. The first-order valence-electron chi connectivity index (χ1n) is 12.6. The van der Waals surface area contributed by atoms with E-state index >= 15 is 0 Å². The van der Waals surface area contributed by atoms with E-state index in [1.165, 1.54) is 5.69 Å². The summed E-state index contributed by atoms with van der Waals surface area (Å²) in [7, 11) is 3.98. The van der Waals surface area contributed by atoms with Crippen LogP contribution in [0.5, 0.6) is 0 Å². The van der Waals surface area contributed by atoms with E-state index in [-0.39, 0.29) is 16.9 Å². The number of allylic oxidation sites excluding steroid dienone is 4. The Labute approximate surface area is 226 Å². The molecule has 0 N–H and O–H groups in total. The van der Waals surface area contributed by atoms with Crippen molar-refractivity contribution in [3.63, 3.8) is 0 Å². The van der Waals surface area contributed by atoms with Gasteiger partial charge in [0, 0.05) is 44.1 Å². The van der Waals surface area contributed by atoms with Crippen molar-refractivity contribution in [2.75, 3.05) is 37.0 Å². The van der Waals surface area contributed by atoms with Crippen molar-refractivity contribution in [3.8, 4) is 18.2 Å². The van der Waals surface area contributed by atoms with Crippen LogP contribution in [0.15, 0.2) is 83.2 Å². The molecule has 0 bridgehead atoms. The summed E-state index contributed by atoms with van der Waals surface area (Å²) in [4.78, 5) is 4.33. The maximum Gasteiger partial charge on any atom is 0.172 e. The van der Waals surface area contributed by atoms with Crippen LogP contribution in [-0.4, -0.2) is 32.8 Å². The van der Waals surface area contributed by atoms with Crippen LogP contribution in [0.4, 0.5) is 11.4 Å². The van der Waals surface area contributed by atoms with Crippen LogP contribution in [0.1, 0.15) is 38.8 Å². The largest absolute Gasteiger partial charge is 0.480 e. The smallest absolute Gasteiger partial charge is 0.172 e. The van der Waals surface area contributed by atoms with Crippen LogP contribution in [-0.2, 0) is 4.74 Å². The fraction of sp³-hybridized carbons (Fsp3) is 0.281. The molecule has 0 spiro atoms. The quantitative estimate of drug-likeness (QED) is 0.297. The van der Waals surface area contributed by atoms with Gasteiger partial charge < -0.3 is 14.5 Å². The molecule has 0 fully saturated rings. The maximum atomic E-state index is 9.98. The topological polar surface area (TPSA) is 87.1 Å². The van der Waals surface area contributed by atoms with E-state index in [1.807, 2.05) is 87.5 Å². The Morgan fingerprint density at radius 3 is 1.97 bits per heavy atom. The molecule has 1 aliphatic rings. The van der Waals surface area contributed by atoms with Gasteiger partial charge in [0.05, 0.1) is 0 Å². The lowest BCUT2D eigenvalue weighted by Gasteiger charge is -2.21. The summed E-state index contributed by atoms with van der Waals surface area (Å²) < 4.78 is 5.97. The number of nitriles is 3. The molecule has 1 aliphatic heterocycles. The lowest BCUT2D eigenvalue weighted by Crippen LogP contribution is -2.21. The van der Waals surface area contributed by atoms with Crippen LogP contribution < -0.4 is 9.80 Å². The van der Waals surface area contributed by atoms with Crippen molar-refractivity contribution < 1.29 is 4.74 Å². The summed E-state index contributed by atoms with van der Waals surface area (Å²) in [6.45, 7) is 9.85. The van der Waals surface area contributed by atoms with Crippen LogP contribution in [0.25, 0.3) is 11.6 Å². The normalized spacial score (nSPS) is 14.5. The second-order valence-electron chi connectivity index (χ2n) is 9.58. The molecular weight excluding hydrogens is 470 g/mol. The van der Waals surface area contributed by atoms with E-state index in [2.05, 4.69) is 49.1 Å². The average Bonchev–Trinajstić information content (AvgIpc) is 3.17. The third-order valence-corrected chi connectivity index (χ3v) is 6.56. The molecule has 2 aromatic carbocycles. The maximum absolute atomic E-state index is 9.98. The SMILES string of the molecule is CCN(CC)c1ccc(/C=C/C(=C\C2=C(C#N)C(=C(C#N)C#N)OC2(C)C)c2ccc(N(C)C)cc2)cc1. The molecule has 0 atom stereocenters. The highest BCUT2D eigenvalue weighted by Gasteiger charge is 2.39. The molecule has 0 radical (unpaired) electrons. The summed E-state index contributed by atoms with van der Waals surface area (Å²) in [5.41, 5.74) is 4.85. The second-order valence-corrected chi connectivity index (χ2v) is 9.58. The van der Waals surface area contributed by atoms with Gasteiger partial charge in [-0.25, -0.2) is 0 Å². The van der Waals surface area contributed by atoms with Gasteiger partial charge in [0.25, 0.3) is 0 Å². The Bertz CT molecular complexity index is 1400. The fourth-order valence-electron chi connectivity index (χ4n) is 4.35. The molecule has 192 valence electrons. The van der Waals surface area contributed by atoms with Gasteiger partial charge in [0.2, 0.25) is 0 Å². The standard InChI is InChI=1S/C32H33N5O/c1-7-37(8-2)28-15-10-23(11-16-28)9-12-25(24-13-17-27(18-14-24)36(5)6)19-30-29(22-35)31(26(20-33)21-34)38-32(30,3)4/h9-19H,7-8H2,1-6H3/b12-9+,25-19+. The van der Waals surface area contributed by atoms with Crippen molar-refractivity contribution in [2.24, 2.45) is 0 Å². The Hall–Kier alpha value is -4.73. The first-order valence-corrected chi connectivity index (χ1v) is 12.6. The predicted octanol–water partition coefficient (Wildman–Crippen LogP) is 6.63. The van der Waals surface area contributed by atoms with Crippen molar-refractivity contribution >= 4 is 23.0 Å². The highest BCUT2D eigenvalue weighted by molar-refractivity contribution is 5.82. The minimum Gasteiger partial charge on any atom is -0.480 e. The first-order chi connectivity index (χ1) is 18.2. The molecule has 38 heavy (non-hydrogen) atoms. The lowest BCUT2D eigenvalue weighted by molar-refractivity contribution is 0.0954. The van der Waals surface area contributed by atoms with E-state index in [4.69, 9.17) is 4.74 Å². The molecule has 3 rings (SSSR count). The minimum absolute atomic E-state index is 0.0343. The van der Waals surface area contributed by atoms with Crippen molar-refractivity contribution in [3.05, 3.63) is 94.3 Å². The summed E-state index contributed by atoms with van der Waals surface area (Å²) in [5.74, 6) is 0.0343. The number of anilines is 2. The third kappa shape index (κ3) is 5.97. The zero-order valence-corrected chi connectivity index (χ0v) is 22.9. The number of ether oxygens (including phenoxy) is 1. The van der Waals surface area contributed by atoms with Crippen LogP contribution >= 0.6 is 0 Å². The molecule has 0 aromatic heterocycles. The number of nitrogens with zero attached hydrogens (tertiary/aromatic N) is 5. The lowest BCUT2D eigenvalue weighted by atomic mass is 9.91. The van der Waals surface area contributed by atoms with Gasteiger partial charge >= 0.3 is 0 Å². The number of hydrogen-bond donors (Lipinski definition) is 0. The first kappa shape index (κ1) is 27.9. The van der Waals surface area contributed by atoms with Crippen LogP contribution in [0, 0.1) is 34.0 Å². The van der Waals surface area contributed by atoms with E-state index in [0.717, 1.165) is 35.5 Å². The molecule has 2 aromatic rings.